The molecule has 120 valence electrons. The van der Waals surface area contributed by atoms with E-state index in [1.807, 2.05) is 0 Å². The van der Waals surface area contributed by atoms with E-state index in [4.69, 9.17) is 10.5 Å². The highest BCUT2D eigenvalue weighted by Crippen LogP contribution is 2.24. The number of piperidine rings is 1. The van der Waals surface area contributed by atoms with Crippen molar-refractivity contribution in [2.45, 2.75) is 71.9 Å². The van der Waals surface area contributed by atoms with Crippen LogP contribution in [0, 0.1) is 11.8 Å². The maximum Gasteiger partial charge on any atom is 0.0599 e. The molecule has 1 saturated heterocycles. The van der Waals surface area contributed by atoms with E-state index in [0.29, 0.717) is 6.10 Å². The summed E-state index contributed by atoms with van der Waals surface area (Å²) in [6.45, 7) is 13.4. The summed E-state index contributed by atoms with van der Waals surface area (Å²) in [6.07, 6.45) is 6.50. The lowest BCUT2D eigenvalue weighted by Gasteiger charge is -2.39. The molecule has 0 aromatic carbocycles. The fraction of sp³-hybridized carbons (Fsp3) is 1.00. The first-order chi connectivity index (χ1) is 9.52. The Bertz CT molecular complexity index is 225. The highest BCUT2D eigenvalue weighted by molar-refractivity contribution is 4.80. The summed E-state index contributed by atoms with van der Waals surface area (Å²) in [5, 5.41) is 0. The van der Waals surface area contributed by atoms with Crippen LogP contribution in [-0.2, 0) is 4.74 Å². The van der Waals surface area contributed by atoms with Gasteiger partial charge in [-0.15, -0.1) is 0 Å². The Labute approximate surface area is 126 Å². The van der Waals surface area contributed by atoms with Gasteiger partial charge in [-0.05, 0) is 50.5 Å². The number of hydrogen-bond donors (Lipinski definition) is 1. The third-order valence-electron chi connectivity index (χ3n) is 4.18. The summed E-state index contributed by atoms with van der Waals surface area (Å²) in [5.41, 5.74) is 5.51. The second kappa shape index (κ2) is 9.75. The van der Waals surface area contributed by atoms with Gasteiger partial charge in [-0.1, -0.05) is 27.7 Å². The summed E-state index contributed by atoms with van der Waals surface area (Å²) in [7, 11) is 0. The van der Waals surface area contributed by atoms with Gasteiger partial charge in [0.15, 0.2) is 0 Å². The van der Waals surface area contributed by atoms with Crippen molar-refractivity contribution in [1.82, 2.24) is 4.90 Å². The van der Waals surface area contributed by atoms with E-state index in [-0.39, 0.29) is 0 Å². The summed E-state index contributed by atoms with van der Waals surface area (Å²) in [6, 6.07) is 0.764. The molecule has 1 fully saturated rings. The predicted octanol–water partition coefficient (Wildman–Crippen LogP) is 3.28. The molecule has 1 aliphatic rings. The molecular formula is C17H36N2O. The van der Waals surface area contributed by atoms with Gasteiger partial charge in [-0.2, -0.15) is 0 Å². The Morgan fingerprint density at radius 2 is 1.60 bits per heavy atom. The Hall–Kier alpha value is -0.120. The third-order valence-corrected chi connectivity index (χ3v) is 4.18. The zero-order valence-corrected chi connectivity index (χ0v) is 14.1. The van der Waals surface area contributed by atoms with Crippen LogP contribution in [0.15, 0.2) is 0 Å². The molecule has 0 unspecified atom stereocenters. The monoisotopic (exact) mass is 284 g/mol. The molecule has 3 nitrogen and oxygen atoms in total. The molecule has 0 aromatic heterocycles. The number of nitrogens with two attached hydrogens (primary N) is 1. The molecular weight excluding hydrogens is 248 g/mol. The summed E-state index contributed by atoms with van der Waals surface area (Å²) in [4.78, 5) is 2.71. The summed E-state index contributed by atoms with van der Waals surface area (Å²) >= 11 is 0. The quantitative estimate of drug-likeness (QED) is 0.660. The van der Waals surface area contributed by atoms with Gasteiger partial charge in [0, 0.05) is 25.7 Å². The lowest BCUT2D eigenvalue weighted by Crippen LogP contribution is -2.44. The van der Waals surface area contributed by atoms with Crippen molar-refractivity contribution in [2.75, 3.05) is 26.2 Å². The lowest BCUT2D eigenvalue weighted by atomic mass is 9.92. The number of hydrogen-bond acceptors (Lipinski definition) is 3. The minimum Gasteiger partial charge on any atom is -0.378 e. The average Bonchev–Trinajstić information content (AvgIpc) is 2.38. The van der Waals surface area contributed by atoms with Crippen molar-refractivity contribution in [1.29, 1.82) is 0 Å². The standard InChI is InChI=1S/C17H36N2O/c1-14(2)12-16(13-15(3)4)19-9-6-17(7-10-19)20-11-5-8-18/h14-17H,5-13,18H2,1-4H3. The number of ether oxygens (including phenoxy) is 1. The molecule has 1 rings (SSSR count). The minimum atomic E-state index is 0.469. The lowest BCUT2D eigenvalue weighted by molar-refractivity contribution is -0.00654. The summed E-state index contributed by atoms with van der Waals surface area (Å²) < 4.78 is 5.91. The normalized spacial score (nSPS) is 18.6. The highest BCUT2D eigenvalue weighted by Gasteiger charge is 2.26. The molecule has 20 heavy (non-hydrogen) atoms. The van der Waals surface area contributed by atoms with E-state index < -0.39 is 0 Å². The number of likely N-dealkylation sites (tertiary alicyclic amines) is 1. The largest absolute Gasteiger partial charge is 0.378 e. The molecule has 2 N–H and O–H groups in total. The molecule has 0 bridgehead atoms. The number of nitrogens with zero attached hydrogens (tertiary/aromatic N) is 1. The van der Waals surface area contributed by atoms with Crippen LogP contribution in [0.4, 0.5) is 0 Å². The van der Waals surface area contributed by atoms with E-state index in [1.54, 1.807) is 0 Å². The Morgan fingerprint density at radius 3 is 2.05 bits per heavy atom. The predicted molar refractivity (Wildman–Crippen MR) is 86.9 cm³/mol. The van der Waals surface area contributed by atoms with Crippen LogP contribution in [0.25, 0.3) is 0 Å². The fourth-order valence-electron chi connectivity index (χ4n) is 3.22. The van der Waals surface area contributed by atoms with Gasteiger partial charge in [-0.3, -0.25) is 0 Å². The van der Waals surface area contributed by atoms with Crippen LogP contribution >= 0.6 is 0 Å². The summed E-state index contributed by atoms with van der Waals surface area (Å²) in [5.74, 6) is 1.58. The van der Waals surface area contributed by atoms with Crippen LogP contribution in [0.2, 0.25) is 0 Å². The Balaban J connectivity index is 2.35. The van der Waals surface area contributed by atoms with Gasteiger partial charge in [0.1, 0.15) is 0 Å². The van der Waals surface area contributed by atoms with E-state index in [0.717, 1.165) is 37.5 Å². The van der Waals surface area contributed by atoms with Crippen molar-refractivity contribution in [3.63, 3.8) is 0 Å². The van der Waals surface area contributed by atoms with Crippen molar-refractivity contribution in [2.24, 2.45) is 17.6 Å². The molecule has 1 aliphatic heterocycles. The van der Waals surface area contributed by atoms with Crippen molar-refractivity contribution in [3.05, 3.63) is 0 Å². The van der Waals surface area contributed by atoms with E-state index in [2.05, 4.69) is 32.6 Å². The van der Waals surface area contributed by atoms with E-state index in [9.17, 15) is 0 Å². The fourth-order valence-corrected chi connectivity index (χ4v) is 3.22. The van der Waals surface area contributed by atoms with Crippen LogP contribution < -0.4 is 5.73 Å². The van der Waals surface area contributed by atoms with E-state index >= 15 is 0 Å². The topological polar surface area (TPSA) is 38.5 Å². The van der Waals surface area contributed by atoms with Crippen LogP contribution in [-0.4, -0.2) is 43.3 Å². The van der Waals surface area contributed by atoms with Gasteiger partial charge in [-0.25, -0.2) is 0 Å². The van der Waals surface area contributed by atoms with Crippen molar-refractivity contribution >= 4 is 0 Å². The Kier molecular flexibility index (Phi) is 8.74. The molecule has 1 heterocycles. The first-order valence-electron chi connectivity index (χ1n) is 8.58. The second-order valence-electron chi connectivity index (χ2n) is 7.16. The molecule has 0 amide bonds. The maximum absolute atomic E-state index is 5.91. The van der Waals surface area contributed by atoms with Gasteiger partial charge >= 0.3 is 0 Å². The maximum atomic E-state index is 5.91. The smallest absolute Gasteiger partial charge is 0.0599 e. The van der Waals surface area contributed by atoms with Gasteiger partial charge in [0.05, 0.1) is 6.10 Å². The first-order valence-corrected chi connectivity index (χ1v) is 8.58. The molecule has 0 aromatic rings. The Morgan fingerprint density at radius 1 is 1.05 bits per heavy atom. The second-order valence-corrected chi connectivity index (χ2v) is 7.16. The molecule has 0 radical (unpaired) electrons. The number of rotatable bonds is 9. The molecule has 3 heteroatoms. The average molecular weight is 284 g/mol. The molecule has 0 spiro atoms. The van der Waals surface area contributed by atoms with Gasteiger partial charge < -0.3 is 15.4 Å². The van der Waals surface area contributed by atoms with Crippen LogP contribution in [0.1, 0.15) is 59.8 Å². The zero-order valence-electron chi connectivity index (χ0n) is 14.1. The van der Waals surface area contributed by atoms with Crippen molar-refractivity contribution in [3.8, 4) is 0 Å². The van der Waals surface area contributed by atoms with Crippen molar-refractivity contribution < 1.29 is 4.74 Å². The van der Waals surface area contributed by atoms with Crippen LogP contribution in [0.5, 0.6) is 0 Å². The van der Waals surface area contributed by atoms with E-state index in [1.165, 1.54) is 38.8 Å². The molecule has 0 saturated carbocycles. The van der Waals surface area contributed by atoms with Gasteiger partial charge in [0.25, 0.3) is 0 Å². The van der Waals surface area contributed by atoms with Gasteiger partial charge in [0.2, 0.25) is 0 Å². The molecule has 0 aliphatic carbocycles. The zero-order chi connectivity index (χ0) is 15.0. The van der Waals surface area contributed by atoms with Crippen LogP contribution in [0.3, 0.4) is 0 Å². The SMILES string of the molecule is CC(C)CC(CC(C)C)N1CCC(OCCCN)CC1. The first kappa shape index (κ1) is 17.9. The highest BCUT2D eigenvalue weighted by atomic mass is 16.5. The minimum absolute atomic E-state index is 0.469. The third kappa shape index (κ3) is 7.05. The molecule has 0 atom stereocenters.